The number of rotatable bonds is 3. The van der Waals surface area contributed by atoms with Crippen LogP contribution in [-0.2, 0) is 12.8 Å². The molecule has 0 unspecified atom stereocenters. The zero-order valence-corrected chi connectivity index (χ0v) is 14.8. The molecule has 1 aliphatic carbocycles. The average molecular weight is 368 g/mol. The zero-order valence-electron chi connectivity index (χ0n) is 14.1. The van der Waals surface area contributed by atoms with E-state index in [-0.39, 0.29) is 11.3 Å². The van der Waals surface area contributed by atoms with Gasteiger partial charge >= 0.3 is 5.97 Å². The topological polar surface area (TPSA) is 62.5 Å². The van der Waals surface area contributed by atoms with Gasteiger partial charge in [-0.15, -0.1) is 0 Å². The Bertz CT molecular complexity index is 989. The highest BCUT2D eigenvalue weighted by Gasteiger charge is 2.21. The van der Waals surface area contributed by atoms with Crippen molar-refractivity contribution in [2.75, 3.05) is 0 Å². The summed E-state index contributed by atoms with van der Waals surface area (Å²) in [6, 6.07) is 14.6. The first-order valence-electron chi connectivity index (χ1n) is 8.60. The molecule has 4 rings (SSSR count). The van der Waals surface area contributed by atoms with Crippen LogP contribution in [0.2, 0.25) is 5.02 Å². The Morgan fingerprint density at radius 2 is 1.73 bits per heavy atom. The maximum absolute atomic E-state index is 11.4. The highest BCUT2D eigenvalue weighted by atomic mass is 35.5. The van der Waals surface area contributed by atoms with Gasteiger partial charge in [0.1, 0.15) is 11.3 Å². The summed E-state index contributed by atoms with van der Waals surface area (Å²) in [4.78, 5) is 11.4. The maximum Gasteiger partial charge on any atom is 0.339 e. The summed E-state index contributed by atoms with van der Waals surface area (Å²) in [7, 11) is 0. The smallest absolute Gasteiger partial charge is 0.339 e. The number of aromatic hydroxyl groups is 1. The van der Waals surface area contributed by atoms with Gasteiger partial charge in [-0.05, 0) is 73.2 Å². The van der Waals surface area contributed by atoms with E-state index in [4.69, 9.17) is 11.6 Å². The molecule has 0 saturated heterocycles. The summed E-state index contributed by atoms with van der Waals surface area (Å²) in [5.74, 6) is -1.37. The Kier molecular flexibility index (Phi) is 4.21. The second kappa shape index (κ2) is 6.54. The number of carboxylic acids is 1. The molecule has 2 N–H and O–H groups in total. The molecule has 132 valence electrons. The normalized spacial score (nSPS) is 13.4. The molecule has 3 aromatic rings. The number of aromatic carboxylic acids is 1. The number of aromatic nitrogens is 1. The van der Waals surface area contributed by atoms with Crippen molar-refractivity contribution in [2.24, 2.45) is 0 Å². The molecule has 0 radical (unpaired) electrons. The monoisotopic (exact) mass is 367 g/mol. The first kappa shape index (κ1) is 16.7. The van der Waals surface area contributed by atoms with Crippen LogP contribution < -0.4 is 0 Å². The van der Waals surface area contributed by atoms with Crippen molar-refractivity contribution in [3.63, 3.8) is 0 Å². The second-order valence-corrected chi connectivity index (χ2v) is 6.99. The third kappa shape index (κ3) is 2.86. The molecular weight excluding hydrogens is 350 g/mol. The Hall–Kier alpha value is -2.72. The van der Waals surface area contributed by atoms with Gasteiger partial charge < -0.3 is 14.8 Å². The number of carboxylic acid groups (broad SMARTS) is 1. The van der Waals surface area contributed by atoms with E-state index in [1.165, 1.54) is 23.4 Å². The summed E-state index contributed by atoms with van der Waals surface area (Å²) < 4.78 is 2.11. The van der Waals surface area contributed by atoms with Crippen LogP contribution in [0.5, 0.6) is 5.75 Å². The fraction of sp³-hybridized carbons (Fsp3) is 0.190. The van der Waals surface area contributed by atoms with E-state index in [9.17, 15) is 15.0 Å². The van der Waals surface area contributed by atoms with Crippen LogP contribution in [0.4, 0.5) is 0 Å². The molecule has 1 aromatic heterocycles. The molecule has 0 saturated carbocycles. The molecule has 4 nitrogen and oxygen atoms in total. The van der Waals surface area contributed by atoms with Crippen molar-refractivity contribution < 1.29 is 15.0 Å². The van der Waals surface area contributed by atoms with E-state index >= 15 is 0 Å². The van der Waals surface area contributed by atoms with Gasteiger partial charge in [0.15, 0.2) is 0 Å². The Labute approximate surface area is 156 Å². The summed E-state index contributed by atoms with van der Waals surface area (Å²) in [5.41, 5.74) is 5.19. The van der Waals surface area contributed by atoms with Crippen LogP contribution in [0, 0.1) is 0 Å². The lowest BCUT2D eigenvalue weighted by molar-refractivity contribution is 0.0693. The van der Waals surface area contributed by atoms with Crippen molar-refractivity contribution in [1.82, 2.24) is 4.57 Å². The number of aryl methyl sites for hydroxylation is 1. The summed E-state index contributed by atoms with van der Waals surface area (Å²) >= 11 is 6.03. The van der Waals surface area contributed by atoms with Crippen LogP contribution in [0.1, 0.15) is 34.5 Å². The summed E-state index contributed by atoms with van der Waals surface area (Å²) in [6.45, 7) is 0. The van der Waals surface area contributed by atoms with E-state index < -0.39 is 5.97 Å². The Balaban J connectivity index is 1.95. The third-order valence-corrected chi connectivity index (χ3v) is 5.16. The van der Waals surface area contributed by atoms with Gasteiger partial charge in [-0.3, -0.25) is 0 Å². The predicted octanol–water partition coefficient (Wildman–Crippen LogP) is 5.08. The molecule has 0 aliphatic heterocycles. The van der Waals surface area contributed by atoms with Gasteiger partial charge in [0, 0.05) is 16.4 Å². The largest absolute Gasteiger partial charge is 0.507 e. The molecule has 1 heterocycles. The minimum Gasteiger partial charge on any atom is -0.507 e. The lowest BCUT2D eigenvalue weighted by Gasteiger charge is -2.18. The number of benzene rings is 2. The van der Waals surface area contributed by atoms with Crippen molar-refractivity contribution in [2.45, 2.75) is 25.7 Å². The third-order valence-electron chi connectivity index (χ3n) is 4.91. The summed E-state index contributed by atoms with van der Waals surface area (Å²) in [5, 5.41) is 19.9. The first-order chi connectivity index (χ1) is 12.5. The molecule has 0 fully saturated rings. The molecular formula is C21H18ClNO3. The lowest BCUT2D eigenvalue weighted by atomic mass is 9.98. The molecule has 26 heavy (non-hydrogen) atoms. The number of hydrogen-bond acceptors (Lipinski definition) is 2. The number of halogens is 1. The van der Waals surface area contributed by atoms with Crippen LogP contribution >= 0.6 is 11.6 Å². The van der Waals surface area contributed by atoms with E-state index in [0.29, 0.717) is 5.02 Å². The zero-order chi connectivity index (χ0) is 18.3. The maximum atomic E-state index is 11.4. The van der Waals surface area contributed by atoms with Crippen LogP contribution in [-0.4, -0.2) is 20.7 Å². The molecule has 1 aliphatic rings. The Morgan fingerprint density at radius 3 is 2.46 bits per heavy atom. The van der Waals surface area contributed by atoms with Crippen molar-refractivity contribution in [1.29, 1.82) is 0 Å². The molecule has 0 spiro atoms. The SMILES string of the molecule is O=C(O)c1cc(-n2c(-c3ccc(Cl)cc3)cc3c2CCCC3)ccc1O. The second-order valence-electron chi connectivity index (χ2n) is 6.56. The quantitative estimate of drug-likeness (QED) is 0.678. The minimum absolute atomic E-state index is 0.0946. The fourth-order valence-electron chi connectivity index (χ4n) is 3.66. The lowest BCUT2D eigenvalue weighted by Crippen LogP contribution is -2.08. The number of carbonyl (C=O) groups is 1. The van der Waals surface area contributed by atoms with Crippen molar-refractivity contribution >= 4 is 17.6 Å². The molecule has 0 atom stereocenters. The Morgan fingerprint density at radius 1 is 1.00 bits per heavy atom. The average Bonchev–Trinajstić information content (AvgIpc) is 3.02. The van der Waals surface area contributed by atoms with Gasteiger partial charge in [-0.2, -0.15) is 0 Å². The van der Waals surface area contributed by atoms with Crippen LogP contribution in [0.3, 0.4) is 0 Å². The number of nitrogens with zero attached hydrogens (tertiary/aromatic N) is 1. The van der Waals surface area contributed by atoms with Gasteiger partial charge in [-0.1, -0.05) is 23.7 Å². The van der Waals surface area contributed by atoms with Gasteiger partial charge in [-0.25, -0.2) is 4.79 Å². The molecule has 5 heteroatoms. The van der Waals surface area contributed by atoms with Crippen LogP contribution in [0.25, 0.3) is 16.9 Å². The van der Waals surface area contributed by atoms with Crippen molar-refractivity contribution in [3.8, 4) is 22.7 Å². The van der Waals surface area contributed by atoms with E-state index in [1.807, 2.05) is 24.3 Å². The van der Waals surface area contributed by atoms with Gasteiger partial charge in [0.2, 0.25) is 0 Å². The minimum atomic E-state index is -1.14. The highest BCUT2D eigenvalue weighted by Crippen LogP contribution is 2.35. The number of phenols is 1. The first-order valence-corrected chi connectivity index (χ1v) is 8.98. The van der Waals surface area contributed by atoms with E-state index in [0.717, 1.165) is 42.6 Å². The molecule has 0 amide bonds. The van der Waals surface area contributed by atoms with Crippen molar-refractivity contribution in [3.05, 3.63) is 70.4 Å². The molecule has 0 bridgehead atoms. The fourth-order valence-corrected chi connectivity index (χ4v) is 3.79. The number of fused-ring (bicyclic) bond motifs is 1. The predicted molar refractivity (Wildman–Crippen MR) is 101 cm³/mol. The van der Waals surface area contributed by atoms with Gasteiger partial charge in [0.25, 0.3) is 0 Å². The summed E-state index contributed by atoms with van der Waals surface area (Å²) in [6.07, 6.45) is 4.24. The molecule has 2 aromatic carbocycles. The number of hydrogen-bond donors (Lipinski definition) is 2. The highest BCUT2D eigenvalue weighted by molar-refractivity contribution is 6.30. The van der Waals surface area contributed by atoms with Gasteiger partial charge in [0.05, 0.1) is 5.69 Å². The standard InChI is InChI=1S/C21H18ClNO3/c22-15-7-5-13(6-8-15)19-11-14-3-1-2-4-18(14)23(19)16-9-10-20(24)17(12-16)21(25)26/h5-12,24H,1-4H2,(H,25,26). The van der Waals surface area contributed by atoms with E-state index in [1.54, 1.807) is 6.07 Å². The van der Waals surface area contributed by atoms with Crippen LogP contribution in [0.15, 0.2) is 48.5 Å². The van der Waals surface area contributed by atoms with E-state index in [2.05, 4.69) is 10.6 Å².